The van der Waals surface area contributed by atoms with Crippen LogP contribution in [0.1, 0.15) is 32.6 Å². The highest BCUT2D eigenvalue weighted by atomic mass is 14.6. The maximum atomic E-state index is 2.50. The second-order valence-electron chi connectivity index (χ2n) is 4.85. The molecule has 0 N–H and O–H groups in total. The van der Waals surface area contributed by atoms with Gasteiger partial charge in [0.15, 0.2) is 0 Å². The monoisotopic (exact) mass is 136 g/mol. The molecule has 0 aromatic heterocycles. The van der Waals surface area contributed by atoms with E-state index in [0.29, 0.717) is 0 Å². The van der Waals surface area contributed by atoms with Crippen LogP contribution in [0.2, 0.25) is 0 Å². The summed E-state index contributed by atoms with van der Waals surface area (Å²) in [6.45, 7) is 2.50. The van der Waals surface area contributed by atoms with Crippen LogP contribution in [0.5, 0.6) is 0 Å². The third kappa shape index (κ3) is 0.500. The molecule has 56 valence electrons. The molecular weight excluding hydrogens is 120 g/mol. The molecule has 0 heterocycles. The maximum Gasteiger partial charge on any atom is -0.0355 e. The fraction of sp³-hybridized carbons (Fsp3) is 1.00. The van der Waals surface area contributed by atoms with Gasteiger partial charge in [0.25, 0.3) is 0 Å². The molecule has 0 spiro atoms. The molecule has 0 aromatic rings. The first-order chi connectivity index (χ1) is 4.84. The molecule has 0 aliphatic heterocycles. The topological polar surface area (TPSA) is 0 Å². The Hall–Kier alpha value is 0. The summed E-state index contributed by atoms with van der Waals surface area (Å²) in [6, 6.07) is 0. The van der Waals surface area contributed by atoms with E-state index in [4.69, 9.17) is 0 Å². The van der Waals surface area contributed by atoms with Gasteiger partial charge in [-0.25, -0.2) is 0 Å². The molecule has 4 aliphatic rings. The lowest BCUT2D eigenvalue weighted by Gasteiger charge is -2.29. The highest BCUT2D eigenvalue weighted by Gasteiger charge is 2.51. The van der Waals surface area contributed by atoms with Gasteiger partial charge in [0.05, 0.1) is 0 Å². The predicted molar refractivity (Wildman–Crippen MR) is 41.6 cm³/mol. The molecule has 0 radical (unpaired) electrons. The molecule has 0 nitrogen and oxygen atoms in total. The van der Waals surface area contributed by atoms with Crippen molar-refractivity contribution in [1.82, 2.24) is 0 Å². The summed E-state index contributed by atoms with van der Waals surface area (Å²) in [4.78, 5) is 0. The van der Waals surface area contributed by atoms with Gasteiger partial charge in [-0.15, -0.1) is 0 Å². The number of hydrogen-bond donors (Lipinski definition) is 0. The van der Waals surface area contributed by atoms with E-state index < -0.39 is 0 Å². The molecule has 0 aromatic carbocycles. The molecular formula is C10H16. The minimum atomic E-state index is 1.10. The minimum Gasteiger partial charge on any atom is -0.0620 e. The normalized spacial score (nSPS) is 63.9. The summed E-state index contributed by atoms with van der Waals surface area (Å²) < 4.78 is 0. The Balaban J connectivity index is 1.99. The van der Waals surface area contributed by atoms with Gasteiger partial charge in [-0.1, -0.05) is 6.92 Å². The highest BCUT2D eigenvalue weighted by Crippen LogP contribution is 2.60. The van der Waals surface area contributed by atoms with Gasteiger partial charge < -0.3 is 0 Å². The van der Waals surface area contributed by atoms with Crippen molar-refractivity contribution in [2.45, 2.75) is 32.6 Å². The summed E-state index contributed by atoms with van der Waals surface area (Å²) >= 11 is 0. The van der Waals surface area contributed by atoms with Crippen LogP contribution >= 0.6 is 0 Å². The van der Waals surface area contributed by atoms with Crippen LogP contribution < -0.4 is 0 Å². The standard InChI is InChI=1S/C10H16/c1-6-8-2-7-3-9(5-8)10(6)4-7/h6-10H,2-5H2,1H3. The maximum absolute atomic E-state index is 2.50. The van der Waals surface area contributed by atoms with Crippen LogP contribution in [0.3, 0.4) is 0 Å². The molecule has 0 heteroatoms. The van der Waals surface area contributed by atoms with E-state index in [0.717, 1.165) is 11.8 Å². The van der Waals surface area contributed by atoms with E-state index in [1.54, 1.807) is 25.7 Å². The van der Waals surface area contributed by atoms with E-state index in [2.05, 4.69) is 6.92 Å². The van der Waals surface area contributed by atoms with Gasteiger partial charge in [-0.05, 0) is 55.3 Å². The zero-order chi connectivity index (χ0) is 6.72. The molecule has 10 heavy (non-hydrogen) atoms. The first kappa shape index (κ1) is 5.62. The van der Waals surface area contributed by atoms with Gasteiger partial charge in [-0.2, -0.15) is 0 Å². The van der Waals surface area contributed by atoms with Crippen molar-refractivity contribution in [2.75, 3.05) is 0 Å². The van der Waals surface area contributed by atoms with Crippen LogP contribution in [0, 0.1) is 29.6 Å². The second-order valence-corrected chi connectivity index (χ2v) is 4.85. The van der Waals surface area contributed by atoms with Crippen LogP contribution in [0.4, 0.5) is 0 Å². The molecule has 4 saturated carbocycles. The van der Waals surface area contributed by atoms with Gasteiger partial charge in [-0.3, -0.25) is 0 Å². The van der Waals surface area contributed by atoms with Gasteiger partial charge in [0, 0.05) is 0 Å². The van der Waals surface area contributed by atoms with Gasteiger partial charge in [0.1, 0.15) is 0 Å². The lowest BCUT2D eigenvalue weighted by Crippen LogP contribution is -2.20. The average Bonchev–Trinajstić information content (AvgIpc) is 2.31. The Morgan fingerprint density at radius 2 is 1.70 bits per heavy atom. The van der Waals surface area contributed by atoms with Crippen LogP contribution in [-0.4, -0.2) is 0 Å². The van der Waals surface area contributed by atoms with E-state index in [1.165, 1.54) is 17.8 Å². The van der Waals surface area contributed by atoms with Crippen molar-refractivity contribution in [3.63, 3.8) is 0 Å². The molecule has 5 atom stereocenters. The van der Waals surface area contributed by atoms with Gasteiger partial charge in [0.2, 0.25) is 0 Å². The SMILES string of the molecule is CC1C2CC3CC(C2)C1C3. The fourth-order valence-electron chi connectivity index (χ4n) is 4.08. The molecule has 4 rings (SSSR count). The van der Waals surface area contributed by atoms with E-state index >= 15 is 0 Å². The molecule has 0 saturated heterocycles. The summed E-state index contributed by atoms with van der Waals surface area (Å²) in [5.74, 6) is 5.78. The quantitative estimate of drug-likeness (QED) is 0.480. The third-order valence-corrected chi connectivity index (χ3v) is 4.51. The Bertz CT molecular complexity index is 155. The fourth-order valence-corrected chi connectivity index (χ4v) is 4.08. The summed E-state index contributed by atoms with van der Waals surface area (Å²) in [7, 11) is 0. The van der Waals surface area contributed by atoms with Crippen molar-refractivity contribution < 1.29 is 0 Å². The number of rotatable bonds is 0. The Morgan fingerprint density at radius 1 is 0.900 bits per heavy atom. The van der Waals surface area contributed by atoms with Crippen molar-refractivity contribution in [3.05, 3.63) is 0 Å². The average molecular weight is 136 g/mol. The molecule has 4 fully saturated rings. The lowest BCUT2D eigenvalue weighted by atomic mass is 9.76. The summed E-state index contributed by atoms with van der Waals surface area (Å²) in [6.07, 6.45) is 6.39. The molecule has 0 amide bonds. The Labute approximate surface area is 63.0 Å². The number of hydrogen-bond acceptors (Lipinski definition) is 0. The molecule has 4 bridgehead atoms. The smallest absolute Gasteiger partial charge is 0.0355 e. The summed E-state index contributed by atoms with van der Waals surface area (Å²) in [5, 5.41) is 0. The van der Waals surface area contributed by atoms with Crippen molar-refractivity contribution in [3.8, 4) is 0 Å². The van der Waals surface area contributed by atoms with E-state index in [-0.39, 0.29) is 0 Å². The lowest BCUT2D eigenvalue weighted by molar-refractivity contribution is 0.211. The zero-order valence-electron chi connectivity index (χ0n) is 6.72. The first-order valence-electron chi connectivity index (χ1n) is 4.84. The minimum absolute atomic E-state index is 1.10. The first-order valence-corrected chi connectivity index (χ1v) is 4.84. The third-order valence-electron chi connectivity index (χ3n) is 4.51. The van der Waals surface area contributed by atoms with Crippen molar-refractivity contribution in [2.24, 2.45) is 29.6 Å². The van der Waals surface area contributed by atoms with Gasteiger partial charge >= 0.3 is 0 Å². The van der Waals surface area contributed by atoms with Crippen LogP contribution in [-0.2, 0) is 0 Å². The largest absolute Gasteiger partial charge is 0.0620 e. The predicted octanol–water partition coefficient (Wildman–Crippen LogP) is 2.69. The zero-order valence-corrected chi connectivity index (χ0v) is 6.72. The van der Waals surface area contributed by atoms with E-state index in [1.807, 2.05) is 0 Å². The summed E-state index contributed by atoms with van der Waals surface area (Å²) in [5.41, 5.74) is 0. The Kier molecular flexibility index (Phi) is 0.898. The van der Waals surface area contributed by atoms with Crippen LogP contribution in [0.15, 0.2) is 0 Å². The highest BCUT2D eigenvalue weighted by molar-refractivity contribution is 5.01. The molecule has 4 aliphatic carbocycles. The van der Waals surface area contributed by atoms with Crippen molar-refractivity contribution in [1.29, 1.82) is 0 Å². The molecule has 5 unspecified atom stereocenters. The van der Waals surface area contributed by atoms with Crippen LogP contribution in [0.25, 0.3) is 0 Å². The second kappa shape index (κ2) is 1.60. The van der Waals surface area contributed by atoms with E-state index in [9.17, 15) is 0 Å². The Morgan fingerprint density at radius 3 is 2.40 bits per heavy atom. The van der Waals surface area contributed by atoms with Crippen molar-refractivity contribution >= 4 is 0 Å².